The summed E-state index contributed by atoms with van der Waals surface area (Å²) in [5.74, 6) is 0.171. The molecule has 0 saturated heterocycles. The summed E-state index contributed by atoms with van der Waals surface area (Å²) < 4.78 is 2.64. The number of aromatic amines is 1. The second-order valence-corrected chi connectivity index (χ2v) is 13.5. The van der Waals surface area contributed by atoms with Gasteiger partial charge in [-0.1, -0.05) is 135 Å². The average Bonchev–Trinajstić information content (AvgIpc) is 3.61. The van der Waals surface area contributed by atoms with E-state index in [-0.39, 0.29) is 33.1 Å². The zero-order valence-electron chi connectivity index (χ0n) is 26.8. The molecule has 0 bridgehead atoms. The minimum absolute atomic E-state index is 0.0689. The smallest absolute Gasteiger partial charge is 0.299 e. The van der Waals surface area contributed by atoms with Gasteiger partial charge in [-0.3, -0.25) is 14.7 Å². The molecule has 0 fully saturated rings. The summed E-state index contributed by atoms with van der Waals surface area (Å²) in [5, 5.41) is 18.8. The Balaban J connectivity index is 1.30. The predicted octanol–water partition coefficient (Wildman–Crippen LogP) is 10.9. The van der Waals surface area contributed by atoms with Crippen LogP contribution in [0.4, 0.5) is 17.2 Å². The summed E-state index contributed by atoms with van der Waals surface area (Å²) in [6.07, 6.45) is 13.9. The lowest BCUT2D eigenvalue weighted by atomic mass is 10.1. The number of nitrogens with one attached hydrogen (secondary N) is 3. The lowest BCUT2D eigenvalue weighted by molar-refractivity contribution is -0.116. The summed E-state index contributed by atoms with van der Waals surface area (Å²) in [4.78, 5) is 26.8. The number of H-pyrrole nitrogens is 1. The first-order valence-corrected chi connectivity index (χ1v) is 17.9. The molecule has 0 radical (unpaired) electrons. The summed E-state index contributed by atoms with van der Waals surface area (Å²) >= 11 is 25.8. The number of hydrogen-bond donors (Lipinski definition) is 3. The first-order valence-electron chi connectivity index (χ1n) is 16.4. The van der Waals surface area contributed by atoms with Gasteiger partial charge in [-0.15, -0.1) is 5.10 Å². The highest BCUT2D eigenvalue weighted by atomic mass is 35.5. The Morgan fingerprint density at radius 3 is 2.12 bits per heavy atom. The molecule has 48 heavy (non-hydrogen) atoms. The molecular weight excluding hydrogens is 692 g/mol. The number of unbranched alkanes of at least 4 members (excludes halogenated alkanes) is 10. The Kier molecular flexibility index (Phi) is 12.9. The van der Waals surface area contributed by atoms with Gasteiger partial charge in [0.1, 0.15) is 11.2 Å². The third kappa shape index (κ3) is 8.94. The van der Waals surface area contributed by atoms with Crippen LogP contribution in [0.2, 0.25) is 20.1 Å². The summed E-state index contributed by atoms with van der Waals surface area (Å²) in [7, 11) is 0. The molecular formula is C35H39Cl4N7O2. The maximum atomic E-state index is 14.0. The number of hydrogen-bond acceptors (Lipinski definition) is 5. The van der Waals surface area contributed by atoms with Crippen molar-refractivity contribution in [2.75, 3.05) is 10.6 Å². The van der Waals surface area contributed by atoms with Crippen LogP contribution in [0.3, 0.4) is 0 Å². The van der Waals surface area contributed by atoms with Crippen molar-refractivity contribution < 1.29 is 4.79 Å². The van der Waals surface area contributed by atoms with Gasteiger partial charge in [-0.25, -0.2) is 9.36 Å². The summed E-state index contributed by atoms with van der Waals surface area (Å²) in [5.41, 5.74) is 2.02. The van der Waals surface area contributed by atoms with E-state index in [2.05, 4.69) is 33.0 Å². The molecule has 5 aromatic rings. The van der Waals surface area contributed by atoms with Gasteiger partial charge in [-0.2, -0.15) is 0 Å². The quantitative estimate of drug-likeness (QED) is 0.0825. The van der Waals surface area contributed by atoms with Crippen LogP contribution in [0.5, 0.6) is 0 Å². The van der Waals surface area contributed by atoms with Gasteiger partial charge in [-0.05, 0) is 48.9 Å². The number of carbonyl (C=O) groups excluding carboxylic acids is 1. The zero-order chi connectivity index (χ0) is 34.0. The van der Waals surface area contributed by atoms with Crippen LogP contribution in [0, 0.1) is 0 Å². The van der Waals surface area contributed by atoms with E-state index in [4.69, 9.17) is 46.4 Å². The van der Waals surface area contributed by atoms with Gasteiger partial charge < -0.3 is 10.6 Å². The highest BCUT2D eigenvalue weighted by molar-refractivity contribution is 6.40. The largest absolute Gasteiger partial charge is 0.337 e. The van der Waals surface area contributed by atoms with E-state index in [9.17, 15) is 9.59 Å². The molecule has 9 nitrogen and oxygen atoms in total. The molecule has 0 aliphatic heterocycles. The summed E-state index contributed by atoms with van der Waals surface area (Å²) in [6.45, 7) is 2.24. The topological polar surface area (TPSA) is 110 Å². The van der Waals surface area contributed by atoms with Crippen LogP contribution in [0.25, 0.3) is 22.4 Å². The fourth-order valence-electron chi connectivity index (χ4n) is 5.66. The highest BCUT2D eigenvalue weighted by Gasteiger charge is 2.24. The first kappa shape index (κ1) is 35.8. The molecule has 0 aliphatic carbocycles. The monoisotopic (exact) mass is 729 g/mol. The predicted molar refractivity (Wildman–Crippen MR) is 198 cm³/mol. The second-order valence-electron chi connectivity index (χ2n) is 11.8. The molecule has 2 aromatic heterocycles. The number of fused-ring (bicyclic) bond motifs is 1. The van der Waals surface area contributed by atoms with E-state index in [1.54, 1.807) is 30.3 Å². The highest BCUT2D eigenvalue weighted by Crippen LogP contribution is 2.34. The number of amides is 1. The summed E-state index contributed by atoms with van der Waals surface area (Å²) in [6, 6.07) is 15.4. The molecule has 0 unspecified atom stereocenters. The van der Waals surface area contributed by atoms with Crippen molar-refractivity contribution >= 4 is 80.5 Å². The van der Waals surface area contributed by atoms with Crippen LogP contribution >= 0.6 is 46.4 Å². The normalized spacial score (nSPS) is 11.4. The Morgan fingerprint density at radius 1 is 0.792 bits per heavy atom. The number of anilines is 3. The number of nitrogens with zero attached hydrogens (tertiary/aromatic N) is 4. The van der Waals surface area contributed by atoms with E-state index in [0.717, 1.165) is 19.3 Å². The van der Waals surface area contributed by atoms with E-state index in [0.29, 0.717) is 38.9 Å². The number of carbonyl (C=O) groups is 1. The fraction of sp³-hybridized carbons (Fsp3) is 0.371. The average molecular weight is 732 g/mol. The van der Waals surface area contributed by atoms with E-state index in [1.807, 2.05) is 12.1 Å². The van der Waals surface area contributed by atoms with Crippen LogP contribution in [0.15, 0.2) is 59.4 Å². The first-order chi connectivity index (χ1) is 23.3. The van der Waals surface area contributed by atoms with Crippen LogP contribution in [-0.4, -0.2) is 30.7 Å². The number of rotatable bonds is 17. The SMILES string of the molecule is CCCCCCCCCCCCCC(=O)Nc1ccc(Cl)c(Nc2[nH]n(-c3c(Cl)cc(Cl)cc3Cl)c(=O)c2-n2nnc3ccccc32)c1. The van der Waals surface area contributed by atoms with E-state index < -0.39 is 5.56 Å². The van der Waals surface area contributed by atoms with Crippen molar-refractivity contribution in [3.8, 4) is 11.4 Å². The lowest BCUT2D eigenvalue weighted by Gasteiger charge is -2.12. The van der Waals surface area contributed by atoms with Crippen LogP contribution in [-0.2, 0) is 4.79 Å². The Hall–Kier alpha value is -3.50. The van der Waals surface area contributed by atoms with Gasteiger partial charge in [0, 0.05) is 17.1 Å². The van der Waals surface area contributed by atoms with Gasteiger partial charge in [0.15, 0.2) is 11.5 Å². The molecule has 0 atom stereocenters. The third-order valence-corrected chi connectivity index (χ3v) is 9.28. The van der Waals surface area contributed by atoms with Crippen molar-refractivity contribution in [3.05, 3.63) is 85.0 Å². The van der Waals surface area contributed by atoms with Crippen LogP contribution in [0.1, 0.15) is 84.0 Å². The van der Waals surface area contributed by atoms with Gasteiger partial charge >= 0.3 is 0 Å². The van der Waals surface area contributed by atoms with E-state index in [1.165, 1.54) is 72.9 Å². The molecule has 2 heterocycles. The number of halogens is 4. The maximum absolute atomic E-state index is 14.0. The van der Waals surface area contributed by atoms with Crippen molar-refractivity contribution in [1.82, 2.24) is 24.8 Å². The van der Waals surface area contributed by atoms with Gasteiger partial charge in [0.2, 0.25) is 5.91 Å². The molecule has 0 saturated carbocycles. The molecule has 0 spiro atoms. The van der Waals surface area contributed by atoms with Crippen molar-refractivity contribution in [1.29, 1.82) is 0 Å². The lowest BCUT2D eigenvalue weighted by Crippen LogP contribution is -2.19. The van der Waals surface area contributed by atoms with Crippen LogP contribution < -0.4 is 16.2 Å². The Morgan fingerprint density at radius 2 is 1.44 bits per heavy atom. The zero-order valence-corrected chi connectivity index (χ0v) is 29.8. The number of benzene rings is 3. The standard InChI is InChI=1S/C35H39Cl4N7O2/c1-2-3-4-5-6-7-8-9-10-11-12-17-31(47)40-24-18-19-25(37)29(22-24)41-34-33(45-30-16-14-13-15-28(30)42-44-45)35(48)46(43-34)32-26(38)20-23(36)21-27(32)39/h13-16,18-22,41,43H,2-12,17H2,1H3,(H,40,47). The van der Waals surface area contributed by atoms with E-state index >= 15 is 0 Å². The molecule has 5 rings (SSSR count). The number of aromatic nitrogens is 5. The van der Waals surface area contributed by atoms with Crippen molar-refractivity contribution in [3.63, 3.8) is 0 Å². The molecule has 3 aromatic carbocycles. The van der Waals surface area contributed by atoms with Gasteiger partial charge in [0.25, 0.3) is 5.56 Å². The van der Waals surface area contributed by atoms with Gasteiger partial charge in [0.05, 0.1) is 26.3 Å². The molecule has 254 valence electrons. The molecule has 13 heteroatoms. The van der Waals surface area contributed by atoms with Crippen molar-refractivity contribution in [2.45, 2.75) is 84.0 Å². The number of para-hydroxylation sites is 1. The third-order valence-electron chi connectivity index (χ3n) is 8.15. The maximum Gasteiger partial charge on any atom is 0.299 e. The fourth-order valence-corrected chi connectivity index (χ4v) is 6.81. The molecule has 0 aliphatic rings. The Bertz CT molecular complexity index is 1890. The second kappa shape index (κ2) is 17.2. The minimum Gasteiger partial charge on any atom is -0.337 e. The minimum atomic E-state index is -0.508. The Labute approximate surface area is 299 Å². The molecule has 3 N–H and O–H groups in total. The van der Waals surface area contributed by atoms with Crippen molar-refractivity contribution in [2.24, 2.45) is 0 Å². The molecule has 1 amide bonds.